The van der Waals surface area contributed by atoms with Gasteiger partial charge >= 0.3 is 0 Å². The van der Waals surface area contributed by atoms with Gasteiger partial charge in [0.15, 0.2) is 0 Å². The summed E-state index contributed by atoms with van der Waals surface area (Å²) < 4.78 is 27.2. The van der Waals surface area contributed by atoms with E-state index in [1.807, 2.05) is 6.07 Å². The number of nitrogens with zero attached hydrogens (tertiary/aromatic N) is 2. The molecular weight excluding hydrogens is 342 g/mol. The van der Waals surface area contributed by atoms with Gasteiger partial charge in [-0.25, -0.2) is 8.42 Å². The van der Waals surface area contributed by atoms with Gasteiger partial charge in [0, 0.05) is 12.4 Å². The Labute approximate surface area is 125 Å². The Morgan fingerprint density at radius 3 is 2.55 bits per heavy atom. The zero-order valence-corrected chi connectivity index (χ0v) is 12.6. The van der Waals surface area contributed by atoms with E-state index in [-0.39, 0.29) is 5.75 Å². The Morgan fingerprint density at radius 2 is 1.95 bits per heavy atom. The molecule has 0 fully saturated rings. The van der Waals surface area contributed by atoms with E-state index >= 15 is 0 Å². The van der Waals surface area contributed by atoms with Crippen molar-refractivity contribution in [2.24, 2.45) is 0 Å². The molecule has 0 amide bonds. The van der Waals surface area contributed by atoms with Gasteiger partial charge in [-0.3, -0.25) is 9.71 Å². The lowest BCUT2D eigenvalue weighted by Crippen LogP contribution is -2.15. The monoisotopic (exact) mass is 351 g/mol. The summed E-state index contributed by atoms with van der Waals surface area (Å²) in [5.41, 5.74) is 1.55. The molecule has 0 spiro atoms. The summed E-state index contributed by atoms with van der Waals surface area (Å²) in [5, 5.41) is 8.69. The molecule has 1 N–H and O–H groups in total. The van der Waals surface area contributed by atoms with Crippen molar-refractivity contribution in [1.82, 2.24) is 4.98 Å². The largest absolute Gasteiger partial charge is 0.282 e. The first-order chi connectivity index (χ1) is 9.50. The van der Waals surface area contributed by atoms with Crippen LogP contribution in [0.25, 0.3) is 0 Å². The van der Waals surface area contributed by atoms with Crippen molar-refractivity contribution in [3.05, 3.63) is 58.3 Å². The second-order valence-corrected chi connectivity index (χ2v) is 6.60. The summed E-state index contributed by atoms with van der Waals surface area (Å²) in [7, 11) is -3.52. The number of nitriles is 1. The van der Waals surface area contributed by atoms with Crippen molar-refractivity contribution in [1.29, 1.82) is 5.26 Å². The first-order valence-electron chi connectivity index (χ1n) is 5.59. The molecule has 102 valence electrons. The molecule has 0 unspecified atom stereocenters. The SMILES string of the molecule is N#Cc1ccc(CS(=O)(=O)Nc2ccncc2Br)cc1. The Kier molecular flexibility index (Phi) is 4.37. The van der Waals surface area contributed by atoms with Gasteiger partial charge in [-0.2, -0.15) is 5.26 Å². The summed E-state index contributed by atoms with van der Waals surface area (Å²) in [4.78, 5) is 3.87. The van der Waals surface area contributed by atoms with Crippen LogP contribution in [-0.4, -0.2) is 13.4 Å². The highest BCUT2D eigenvalue weighted by atomic mass is 79.9. The number of hydrogen-bond donors (Lipinski definition) is 1. The van der Waals surface area contributed by atoms with Crippen LogP contribution in [0.15, 0.2) is 47.2 Å². The van der Waals surface area contributed by atoms with Crippen molar-refractivity contribution < 1.29 is 8.42 Å². The van der Waals surface area contributed by atoms with Gasteiger partial charge in [0.05, 0.1) is 27.5 Å². The maximum absolute atomic E-state index is 12.1. The number of anilines is 1. The zero-order valence-electron chi connectivity index (χ0n) is 10.2. The third-order valence-electron chi connectivity index (χ3n) is 2.48. The van der Waals surface area contributed by atoms with Crippen LogP contribution in [0, 0.1) is 11.3 Å². The average molecular weight is 352 g/mol. The number of aromatic nitrogens is 1. The second kappa shape index (κ2) is 6.03. The van der Waals surface area contributed by atoms with Crippen LogP contribution in [0.4, 0.5) is 5.69 Å². The normalized spacial score (nSPS) is 10.8. The van der Waals surface area contributed by atoms with E-state index in [1.165, 1.54) is 12.4 Å². The number of hydrogen-bond acceptors (Lipinski definition) is 4. The Balaban J connectivity index is 2.15. The van der Waals surface area contributed by atoms with Crippen molar-refractivity contribution in [2.75, 3.05) is 4.72 Å². The molecule has 20 heavy (non-hydrogen) atoms. The minimum Gasteiger partial charge on any atom is -0.282 e. The topological polar surface area (TPSA) is 82.8 Å². The summed E-state index contributed by atoms with van der Waals surface area (Å²) in [6, 6.07) is 9.99. The maximum Gasteiger partial charge on any atom is 0.236 e. The lowest BCUT2D eigenvalue weighted by atomic mass is 10.2. The minimum absolute atomic E-state index is 0.159. The predicted molar refractivity (Wildman–Crippen MR) is 79.3 cm³/mol. The molecular formula is C13H10BrN3O2S. The highest BCUT2D eigenvalue weighted by Crippen LogP contribution is 2.22. The standard InChI is InChI=1S/C13H10BrN3O2S/c14-12-8-16-6-5-13(12)17-20(18,19)9-11-3-1-10(7-15)2-4-11/h1-6,8H,9H2,(H,16,17). The molecule has 2 aromatic rings. The fourth-order valence-electron chi connectivity index (χ4n) is 1.56. The van der Waals surface area contributed by atoms with Gasteiger partial charge in [0.25, 0.3) is 0 Å². The van der Waals surface area contributed by atoms with Crippen LogP contribution in [0.3, 0.4) is 0 Å². The van der Waals surface area contributed by atoms with Gasteiger partial charge in [-0.05, 0) is 39.7 Å². The third-order valence-corrected chi connectivity index (χ3v) is 4.35. The minimum atomic E-state index is -3.52. The number of sulfonamides is 1. The van der Waals surface area contributed by atoms with Gasteiger partial charge in [-0.15, -0.1) is 0 Å². The number of halogens is 1. The lowest BCUT2D eigenvalue weighted by molar-refractivity contribution is 0.600. The summed E-state index contributed by atoms with van der Waals surface area (Å²) in [6.45, 7) is 0. The molecule has 1 aromatic heterocycles. The van der Waals surface area contributed by atoms with E-state index in [0.29, 0.717) is 21.3 Å². The van der Waals surface area contributed by atoms with Gasteiger partial charge in [-0.1, -0.05) is 12.1 Å². The molecule has 0 bridgehead atoms. The predicted octanol–water partition coefficient (Wildman–Crippen LogP) is 2.66. The zero-order chi connectivity index (χ0) is 14.6. The molecule has 0 aliphatic carbocycles. The smallest absolute Gasteiger partial charge is 0.236 e. The Hall–Kier alpha value is -1.91. The van der Waals surface area contributed by atoms with Crippen molar-refractivity contribution in [3.8, 4) is 6.07 Å². The molecule has 5 nitrogen and oxygen atoms in total. The molecule has 0 saturated heterocycles. The van der Waals surface area contributed by atoms with Gasteiger partial charge in [0.2, 0.25) is 10.0 Å². The third kappa shape index (κ3) is 3.79. The van der Waals surface area contributed by atoms with Gasteiger partial charge in [0.1, 0.15) is 0 Å². The maximum atomic E-state index is 12.1. The van der Waals surface area contributed by atoms with Crippen molar-refractivity contribution >= 4 is 31.6 Å². The average Bonchev–Trinajstić information content (AvgIpc) is 2.41. The van der Waals surface area contributed by atoms with Crippen LogP contribution in [0.2, 0.25) is 0 Å². The molecule has 0 radical (unpaired) electrons. The summed E-state index contributed by atoms with van der Waals surface area (Å²) in [6.07, 6.45) is 3.02. The lowest BCUT2D eigenvalue weighted by Gasteiger charge is -2.09. The van der Waals surface area contributed by atoms with Crippen LogP contribution in [0.1, 0.15) is 11.1 Å². The molecule has 0 aliphatic heterocycles. The van der Waals surface area contributed by atoms with Crippen molar-refractivity contribution in [2.45, 2.75) is 5.75 Å². The van der Waals surface area contributed by atoms with E-state index in [9.17, 15) is 8.42 Å². The highest BCUT2D eigenvalue weighted by molar-refractivity contribution is 9.10. The number of benzene rings is 1. The van der Waals surface area contributed by atoms with Crippen LogP contribution >= 0.6 is 15.9 Å². The molecule has 1 heterocycles. The summed E-state index contributed by atoms with van der Waals surface area (Å²) in [5.74, 6) is -0.159. The molecule has 7 heteroatoms. The second-order valence-electron chi connectivity index (χ2n) is 4.03. The summed E-state index contributed by atoms with van der Waals surface area (Å²) >= 11 is 3.23. The first-order valence-corrected chi connectivity index (χ1v) is 8.04. The number of nitrogens with one attached hydrogen (secondary N) is 1. The van der Waals surface area contributed by atoms with Crippen molar-refractivity contribution in [3.63, 3.8) is 0 Å². The van der Waals surface area contributed by atoms with Crippen LogP contribution < -0.4 is 4.72 Å². The highest BCUT2D eigenvalue weighted by Gasteiger charge is 2.13. The van der Waals surface area contributed by atoms with E-state index in [2.05, 4.69) is 25.6 Å². The Morgan fingerprint density at radius 1 is 1.25 bits per heavy atom. The molecule has 1 aromatic carbocycles. The molecule has 0 aliphatic rings. The first kappa shape index (κ1) is 14.5. The number of rotatable bonds is 4. The number of pyridine rings is 1. The molecule has 0 atom stereocenters. The quantitative estimate of drug-likeness (QED) is 0.917. The van der Waals surface area contributed by atoms with Crippen LogP contribution in [0.5, 0.6) is 0 Å². The fraction of sp³-hybridized carbons (Fsp3) is 0.0769. The Bertz CT molecular complexity index is 752. The van der Waals surface area contributed by atoms with E-state index < -0.39 is 10.0 Å². The van der Waals surface area contributed by atoms with E-state index in [4.69, 9.17) is 5.26 Å². The fourth-order valence-corrected chi connectivity index (χ4v) is 3.25. The van der Waals surface area contributed by atoms with E-state index in [0.717, 1.165) is 0 Å². The van der Waals surface area contributed by atoms with Crippen LogP contribution in [-0.2, 0) is 15.8 Å². The molecule has 0 saturated carbocycles. The molecule has 2 rings (SSSR count). The van der Waals surface area contributed by atoms with E-state index in [1.54, 1.807) is 30.3 Å². The van der Waals surface area contributed by atoms with Gasteiger partial charge < -0.3 is 0 Å².